The zero-order valence-electron chi connectivity index (χ0n) is 13.6. The molecule has 0 saturated carbocycles. The molecule has 0 amide bonds. The van der Waals surface area contributed by atoms with Gasteiger partial charge in [0.2, 0.25) is 0 Å². The molecule has 2 nitrogen and oxygen atoms in total. The van der Waals surface area contributed by atoms with Gasteiger partial charge in [-0.15, -0.1) is 0 Å². The smallest absolute Gasteiger partial charge is 0.134 e. The van der Waals surface area contributed by atoms with E-state index in [4.69, 9.17) is 4.42 Å². The highest BCUT2D eigenvalue weighted by Gasteiger charge is 2.15. The van der Waals surface area contributed by atoms with Crippen LogP contribution in [-0.4, -0.2) is 5.54 Å². The van der Waals surface area contributed by atoms with Crippen molar-refractivity contribution in [3.8, 4) is 0 Å². The van der Waals surface area contributed by atoms with Crippen molar-refractivity contribution in [1.29, 1.82) is 0 Å². The predicted molar refractivity (Wildman–Crippen MR) is 86.2 cm³/mol. The third-order valence-corrected chi connectivity index (χ3v) is 4.02. The van der Waals surface area contributed by atoms with E-state index in [1.807, 2.05) is 0 Å². The molecule has 0 aliphatic carbocycles. The van der Waals surface area contributed by atoms with Gasteiger partial charge in [0.1, 0.15) is 11.3 Å². The molecule has 0 aliphatic rings. The maximum absolute atomic E-state index is 6.00. The van der Waals surface area contributed by atoms with E-state index in [1.54, 1.807) is 0 Å². The molecule has 2 heteroatoms. The van der Waals surface area contributed by atoms with Crippen molar-refractivity contribution in [1.82, 2.24) is 5.32 Å². The zero-order chi connectivity index (χ0) is 14.9. The van der Waals surface area contributed by atoms with E-state index >= 15 is 0 Å². The quantitative estimate of drug-likeness (QED) is 0.834. The number of benzene rings is 1. The largest absolute Gasteiger partial charge is 0.459 e. The number of aryl methyl sites for hydroxylation is 1. The Balaban J connectivity index is 2.33. The molecule has 2 aromatic rings. The van der Waals surface area contributed by atoms with Gasteiger partial charge in [-0.25, -0.2) is 0 Å². The summed E-state index contributed by atoms with van der Waals surface area (Å²) in [6.45, 7) is 14.0. The van der Waals surface area contributed by atoms with Crippen LogP contribution in [0.1, 0.15) is 63.8 Å². The highest BCUT2D eigenvalue weighted by atomic mass is 16.3. The molecule has 1 atom stereocenters. The molecule has 0 bridgehead atoms. The van der Waals surface area contributed by atoms with Crippen LogP contribution in [0.4, 0.5) is 0 Å². The average Bonchev–Trinajstić information content (AvgIpc) is 2.71. The van der Waals surface area contributed by atoms with E-state index in [0.29, 0.717) is 5.92 Å². The van der Waals surface area contributed by atoms with Crippen molar-refractivity contribution in [3.63, 3.8) is 0 Å². The van der Waals surface area contributed by atoms with E-state index in [-0.39, 0.29) is 5.54 Å². The van der Waals surface area contributed by atoms with Gasteiger partial charge in [0, 0.05) is 10.9 Å². The number of nitrogens with one attached hydrogen (secondary N) is 1. The fourth-order valence-corrected chi connectivity index (χ4v) is 2.35. The van der Waals surface area contributed by atoms with Gasteiger partial charge in [-0.2, -0.15) is 0 Å². The Morgan fingerprint density at radius 3 is 2.55 bits per heavy atom. The Bertz CT molecular complexity index is 589. The second-order valence-electron chi connectivity index (χ2n) is 6.82. The summed E-state index contributed by atoms with van der Waals surface area (Å²) in [6, 6.07) is 6.60. The van der Waals surface area contributed by atoms with Gasteiger partial charge in [-0.1, -0.05) is 19.9 Å². The van der Waals surface area contributed by atoms with E-state index < -0.39 is 0 Å². The van der Waals surface area contributed by atoms with Crippen molar-refractivity contribution < 1.29 is 4.42 Å². The molecule has 1 aromatic carbocycles. The van der Waals surface area contributed by atoms with E-state index in [0.717, 1.165) is 17.9 Å². The fourth-order valence-electron chi connectivity index (χ4n) is 2.35. The van der Waals surface area contributed by atoms with Crippen LogP contribution < -0.4 is 5.32 Å². The SMILES string of the molecule is CCC(C)c1ccc2oc(CNC(C)(C)C)c(C)c2c1. The van der Waals surface area contributed by atoms with E-state index in [1.165, 1.54) is 22.9 Å². The van der Waals surface area contributed by atoms with Crippen LogP contribution >= 0.6 is 0 Å². The van der Waals surface area contributed by atoms with Crippen LogP contribution in [0.25, 0.3) is 11.0 Å². The Hall–Kier alpha value is -1.28. The van der Waals surface area contributed by atoms with Crippen molar-refractivity contribution >= 4 is 11.0 Å². The lowest BCUT2D eigenvalue weighted by Crippen LogP contribution is -2.35. The highest BCUT2D eigenvalue weighted by molar-refractivity contribution is 5.82. The van der Waals surface area contributed by atoms with Gasteiger partial charge in [0.05, 0.1) is 6.54 Å². The van der Waals surface area contributed by atoms with Crippen molar-refractivity contribution in [2.45, 2.75) is 66.0 Å². The second kappa shape index (κ2) is 5.61. The first-order valence-corrected chi connectivity index (χ1v) is 7.58. The summed E-state index contributed by atoms with van der Waals surface area (Å²) in [6.07, 6.45) is 1.17. The van der Waals surface area contributed by atoms with Crippen LogP contribution in [0.3, 0.4) is 0 Å². The van der Waals surface area contributed by atoms with Crippen LogP contribution in [-0.2, 0) is 6.54 Å². The molecular formula is C18H27NO. The second-order valence-corrected chi connectivity index (χ2v) is 6.82. The summed E-state index contributed by atoms with van der Waals surface area (Å²) in [5.74, 6) is 1.65. The summed E-state index contributed by atoms with van der Waals surface area (Å²) in [7, 11) is 0. The summed E-state index contributed by atoms with van der Waals surface area (Å²) < 4.78 is 6.00. The fraction of sp³-hybridized carbons (Fsp3) is 0.556. The van der Waals surface area contributed by atoms with Crippen molar-refractivity contribution in [3.05, 3.63) is 35.1 Å². The molecule has 1 N–H and O–H groups in total. The third kappa shape index (κ3) is 3.24. The van der Waals surface area contributed by atoms with Crippen LogP contribution in [0.15, 0.2) is 22.6 Å². The summed E-state index contributed by atoms with van der Waals surface area (Å²) in [5, 5.41) is 4.75. The lowest BCUT2D eigenvalue weighted by Gasteiger charge is -2.19. The molecule has 1 heterocycles. The standard InChI is InChI=1S/C18H27NO/c1-7-12(2)14-8-9-16-15(10-14)13(3)17(20-16)11-19-18(4,5)6/h8-10,12,19H,7,11H2,1-6H3. The van der Waals surface area contributed by atoms with E-state index in [9.17, 15) is 0 Å². The number of rotatable bonds is 4. The first-order valence-electron chi connectivity index (χ1n) is 7.58. The molecule has 1 unspecified atom stereocenters. The minimum absolute atomic E-state index is 0.104. The maximum atomic E-state index is 6.00. The normalized spacial score (nSPS) is 13.9. The lowest BCUT2D eigenvalue weighted by molar-refractivity contribution is 0.394. The van der Waals surface area contributed by atoms with Gasteiger partial charge in [-0.05, 0) is 63.3 Å². The summed E-state index contributed by atoms with van der Waals surface area (Å²) in [4.78, 5) is 0. The first-order chi connectivity index (χ1) is 9.31. The molecule has 0 aliphatic heterocycles. The molecule has 20 heavy (non-hydrogen) atoms. The number of furan rings is 1. The minimum Gasteiger partial charge on any atom is -0.459 e. The molecule has 0 radical (unpaired) electrons. The molecule has 0 saturated heterocycles. The predicted octanol–water partition coefficient (Wildman–Crippen LogP) is 5.14. The van der Waals surface area contributed by atoms with Gasteiger partial charge < -0.3 is 9.73 Å². The Labute approximate surface area is 122 Å². The molecule has 110 valence electrons. The summed E-state index contributed by atoms with van der Waals surface area (Å²) >= 11 is 0. The molecular weight excluding hydrogens is 246 g/mol. The molecule has 0 fully saturated rings. The monoisotopic (exact) mass is 273 g/mol. The maximum Gasteiger partial charge on any atom is 0.134 e. The summed E-state index contributed by atoms with van der Waals surface area (Å²) in [5.41, 5.74) is 3.77. The van der Waals surface area contributed by atoms with Crippen molar-refractivity contribution in [2.24, 2.45) is 0 Å². The van der Waals surface area contributed by atoms with Gasteiger partial charge in [0.25, 0.3) is 0 Å². The molecule has 2 rings (SSSR count). The Morgan fingerprint density at radius 2 is 1.95 bits per heavy atom. The molecule has 1 aromatic heterocycles. The third-order valence-electron chi connectivity index (χ3n) is 4.02. The minimum atomic E-state index is 0.104. The van der Waals surface area contributed by atoms with Crippen molar-refractivity contribution in [2.75, 3.05) is 0 Å². The Kier molecular flexibility index (Phi) is 4.24. The zero-order valence-corrected chi connectivity index (χ0v) is 13.6. The molecule has 0 spiro atoms. The lowest BCUT2D eigenvalue weighted by atomic mass is 9.97. The highest BCUT2D eigenvalue weighted by Crippen LogP contribution is 2.29. The number of hydrogen-bond acceptors (Lipinski definition) is 2. The van der Waals surface area contributed by atoms with E-state index in [2.05, 4.69) is 65.1 Å². The first kappa shape index (κ1) is 15.1. The number of fused-ring (bicyclic) bond motifs is 1. The topological polar surface area (TPSA) is 25.2 Å². The van der Waals surface area contributed by atoms with Gasteiger partial charge >= 0.3 is 0 Å². The van der Waals surface area contributed by atoms with Gasteiger partial charge in [-0.3, -0.25) is 0 Å². The Morgan fingerprint density at radius 1 is 1.25 bits per heavy atom. The van der Waals surface area contributed by atoms with Crippen LogP contribution in [0, 0.1) is 6.92 Å². The van der Waals surface area contributed by atoms with Crippen LogP contribution in [0.5, 0.6) is 0 Å². The average molecular weight is 273 g/mol. The number of hydrogen-bond donors (Lipinski definition) is 1. The van der Waals surface area contributed by atoms with Crippen LogP contribution in [0.2, 0.25) is 0 Å². The van der Waals surface area contributed by atoms with Gasteiger partial charge in [0.15, 0.2) is 0 Å².